The number of aliphatic hydroxyl groups is 1. The molecule has 3 N–H and O–H groups in total. The highest BCUT2D eigenvalue weighted by Crippen LogP contribution is 2.31. The van der Waals surface area contributed by atoms with Gasteiger partial charge in [-0.05, 0) is 30.5 Å². The monoisotopic (exact) mass is 295 g/mol. The number of hydrogen-bond donors (Lipinski definition) is 3. The van der Waals surface area contributed by atoms with Gasteiger partial charge in [-0.2, -0.15) is 0 Å². The number of amides is 1. The molecule has 0 radical (unpaired) electrons. The number of hydrogen-bond acceptors (Lipinski definition) is 3. The normalized spacial score (nSPS) is 24.8. The Morgan fingerprint density at radius 2 is 2.10 bits per heavy atom. The minimum absolute atomic E-state index is 0.0585. The third-order valence-corrected chi connectivity index (χ3v) is 3.82. The summed E-state index contributed by atoms with van der Waals surface area (Å²) in [6, 6.07) is 5.80. The molecule has 0 aromatic heterocycles. The Hall–Kier alpha value is -1.95. The van der Waals surface area contributed by atoms with Crippen molar-refractivity contribution < 1.29 is 24.2 Å². The van der Waals surface area contributed by atoms with Crippen molar-refractivity contribution in [1.82, 2.24) is 5.32 Å². The van der Waals surface area contributed by atoms with Crippen LogP contribution < -0.4 is 5.32 Å². The molecule has 0 aliphatic heterocycles. The summed E-state index contributed by atoms with van der Waals surface area (Å²) in [5, 5.41) is 21.4. The van der Waals surface area contributed by atoms with Gasteiger partial charge in [0, 0.05) is 12.5 Å². The molecule has 1 saturated carbocycles. The van der Waals surface area contributed by atoms with Gasteiger partial charge in [-0.3, -0.25) is 9.59 Å². The van der Waals surface area contributed by atoms with E-state index in [0.29, 0.717) is 12.0 Å². The van der Waals surface area contributed by atoms with Gasteiger partial charge in [-0.25, -0.2) is 4.39 Å². The van der Waals surface area contributed by atoms with Gasteiger partial charge in [0.2, 0.25) is 5.91 Å². The lowest BCUT2D eigenvalue weighted by Gasteiger charge is -2.15. The summed E-state index contributed by atoms with van der Waals surface area (Å²) in [5.41, 5.74) is 0.572. The molecule has 0 spiro atoms. The van der Waals surface area contributed by atoms with Crippen molar-refractivity contribution in [1.29, 1.82) is 0 Å². The Labute approximate surface area is 121 Å². The third kappa shape index (κ3) is 4.26. The van der Waals surface area contributed by atoms with E-state index in [-0.39, 0.29) is 31.2 Å². The van der Waals surface area contributed by atoms with Crippen molar-refractivity contribution in [3.05, 3.63) is 35.6 Å². The van der Waals surface area contributed by atoms with Crippen molar-refractivity contribution in [2.24, 2.45) is 11.8 Å². The number of carboxylic acids is 1. The molecule has 6 heteroatoms. The van der Waals surface area contributed by atoms with E-state index in [9.17, 15) is 19.1 Å². The molecule has 21 heavy (non-hydrogen) atoms. The first kappa shape index (κ1) is 15.4. The fourth-order valence-electron chi connectivity index (χ4n) is 2.66. The quantitative estimate of drug-likeness (QED) is 0.755. The molecule has 1 fully saturated rings. The van der Waals surface area contributed by atoms with Gasteiger partial charge >= 0.3 is 5.97 Å². The molecule has 114 valence electrons. The van der Waals surface area contributed by atoms with Crippen LogP contribution in [0.1, 0.15) is 18.4 Å². The molecular formula is C15H18FNO4. The van der Waals surface area contributed by atoms with Crippen LogP contribution in [0.25, 0.3) is 0 Å². The van der Waals surface area contributed by atoms with E-state index in [1.54, 1.807) is 6.07 Å². The van der Waals surface area contributed by atoms with E-state index in [2.05, 4.69) is 5.32 Å². The molecule has 1 aromatic rings. The van der Waals surface area contributed by atoms with Crippen LogP contribution in [0.2, 0.25) is 0 Å². The van der Waals surface area contributed by atoms with Gasteiger partial charge in [-0.15, -0.1) is 0 Å². The Morgan fingerprint density at radius 3 is 2.71 bits per heavy atom. The number of rotatable bonds is 5. The summed E-state index contributed by atoms with van der Waals surface area (Å²) in [6.45, 7) is 0.235. The number of aliphatic carboxylic acids is 1. The van der Waals surface area contributed by atoms with E-state index >= 15 is 0 Å². The van der Waals surface area contributed by atoms with Crippen LogP contribution in [0.5, 0.6) is 0 Å². The molecule has 1 aliphatic carbocycles. The highest BCUT2D eigenvalue weighted by atomic mass is 19.1. The van der Waals surface area contributed by atoms with Crippen LogP contribution in [0, 0.1) is 17.7 Å². The van der Waals surface area contributed by atoms with Crippen LogP contribution in [0.3, 0.4) is 0 Å². The van der Waals surface area contributed by atoms with Crippen LogP contribution in [-0.2, 0) is 16.0 Å². The van der Waals surface area contributed by atoms with Crippen LogP contribution >= 0.6 is 0 Å². The maximum absolute atomic E-state index is 13.0. The number of carbonyl (C=O) groups is 2. The zero-order valence-electron chi connectivity index (χ0n) is 11.5. The summed E-state index contributed by atoms with van der Waals surface area (Å²) in [5.74, 6) is -2.38. The lowest BCUT2D eigenvalue weighted by Crippen LogP contribution is -2.33. The zero-order valence-corrected chi connectivity index (χ0v) is 11.5. The second-order valence-corrected chi connectivity index (χ2v) is 5.44. The van der Waals surface area contributed by atoms with Gasteiger partial charge in [-0.1, -0.05) is 12.1 Å². The zero-order chi connectivity index (χ0) is 15.4. The van der Waals surface area contributed by atoms with Crippen molar-refractivity contribution in [2.45, 2.75) is 25.4 Å². The topological polar surface area (TPSA) is 86.6 Å². The molecular weight excluding hydrogens is 277 g/mol. The number of aliphatic hydroxyl groups excluding tert-OH is 1. The number of nitrogens with one attached hydrogen (secondary N) is 1. The molecule has 1 aromatic carbocycles. The van der Waals surface area contributed by atoms with Gasteiger partial charge in [0.25, 0.3) is 0 Å². The number of carbonyl (C=O) groups excluding carboxylic acids is 1. The van der Waals surface area contributed by atoms with E-state index in [4.69, 9.17) is 5.11 Å². The highest BCUT2D eigenvalue weighted by molar-refractivity contribution is 5.78. The summed E-state index contributed by atoms with van der Waals surface area (Å²) < 4.78 is 13.0. The van der Waals surface area contributed by atoms with Crippen LogP contribution in [-0.4, -0.2) is 34.7 Å². The average molecular weight is 295 g/mol. The van der Waals surface area contributed by atoms with Crippen LogP contribution in [0.4, 0.5) is 4.39 Å². The van der Waals surface area contributed by atoms with Gasteiger partial charge in [0.15, 0.2) is 0 Å². The summed E-state index contributed by atoms with van der Waals surface area (Å²) in [7, 11) is 0. The number of carboxylic acid groups (broad SMARTS) is 1. The lowest BCUT2D eigenvalue weighted by atomic mass is 10.0. The Morgan fingerprint density at radius 1 is 1.33 bits per heavy atom. The molecule has 2 rings (SSSR count). The van der Waals surface area contributed by atoms with Crippen LogP contribution in [0.15, 0.2) is 24.3 Å². The Balaban J connectivity index is 1.80. The second kappa shape index (κ2) is 6.67. The van der Waals surface area contributed by atoms with Crippen molar-refractivity contribution in [3.63, 3.8) is 0 Å². The third-order valence-electron chi connectivity index (χ3n) is 3.82. The first-order valence-corrected chi connectivity index (χ1v) is 6.87. The van der Waals surface area contributed by atoms with Gasteiger partial charge < -0.3 is 15.5 Å². The first-order chi connectivity index (χ1) is 9.95. The van der Waals surface area contributed by atoms with Gasteiger partial charge in [0.1, 0.15) is 5.82 Å². The Bertz CT molecular complexity index is 534. The molecule has 1 amide bonds. The van der Waals surface area contributed by atoms with E-state index < -0.39 is 23.8 Å². The lowest BCUT2D eigenvalue weighted by molar-refractivity contribution is -0.141. The summed E-state index contributed by atoms with van der Waals surface area (Å²) in [4.78, 5) is 22.6. The molecule has 0 unspecified atom stereocenters. The predicted octanol–water partition coefficient (Wildman–Crippen LogP) is 0.956. The molecule has 0 heterocycles. The van der Waals surface area contributed by atoms with E-state index in [1.807, 2.05) is 0 Å². The summed E-state index contributed by atoms with van der Waals surface area (Å²) >= 11 is 0. The minimum atomic E-state index is -0.914. The van der Waals surface area contributed by atoms with Crippen molar-refractivity contribution in [2.75, 3.05) is 6.54 Å². The maximum Gasteiger partial charge on any atom is 0.306 e. The van der Waals surface area contributed by atoms with Crippen molar-refractivity contribution >= 4 is 11.9 Å². The molecule has 0 bridgehead atoms. The van der Waals surface area contributed by atoms with Gasteiger partial charge in [0.05, 0.1) is 18.4 Å². The molecule has 5 nitrogen and oxygen atoms in total. The summed E-state index contributed by atoms with van der Waals surface area (Å²) in [6.07, 6.45) is -0.0695. The fourth-order valence-corrected chi connectivity index (χ4v) is 2.66. The standard InChI is InChI=1S/C15H18FNO4/c16-12-3-1-2-9(4-12)5-14(19)17-8-11-6-10(15(20)21)7-13(11)18/h1-4,10-11,13,18H,5-8H2,(H,17,19)(H,20,21)/t10-,11-,13-/m1/s1. The molecule has 3 atom stereocenters. The smallest absolute Gasteiger partial charge is 0.306 e. The predicted molar refractivity (Wildman–Crippen MR) is 73.0 cm³/mol. The largest absolute Gasteiger partial charge is 0.481 e. The minimum Gasteiger partial charge on any atom is -0.481 e. The fraction of sp³-hybridized carbons (Fsp3) is 0.467. The number of halogens is 1. The second-order valence-electron chi connectivity index (χ2n) is 5.44. The average Bonchev–Trinajstić information content (AvgIpc) is 2.78. The van der Waals surface area contributed by atoms with Crippen molar-refractivity contribution in [3.8, 4) is 0 Å². The first-order valence-electron chi connectivity index (χ1n) is 6.87. The van der Waals surface area contributed by atoms with E-state index in [1.165, 1.54) is 18.2 Å². The van der Waals surface area contributed by atoms with E-state index in [0.717, 1.165) is 0 Å². The highest BCUT2D eigenvalue weighted by Gasteiger charge is 2.36. The maximum atomic E-state index is 13.0. The molecule has 0 saturated heterocycles. The number of benzene rings is 1. The molecule has 1 aliphatic rings. The Kier molecular flexibility index (Phi) is 4.90. The SMILES string of the molecule is O=C(Cc1cccc(F)c1)NC[C@H]1C[C@@H](C(=O)O)C[C@H]1O.